The van der Waals surface area contributed by atoms with Gasteiger partial charge in [-0.25, -0.2) is 0 Å². The van der Waals surface area contributed by atoms with Gasteiger partial charge in [-0.05, 0) is 19.4 Å². The second kappa shape index (κ2) is 6.57. The molecule has 0 aliphatic carbocycles. The van der Waals surface area contributed by atoms with Crippen LogP contribution in [0.5, 0.6) is 5.75 Å². The van der Waals surface area contributed by atoms with Crippen LogP contribution in [0.15, 0.2) is 24.3 Å². The summed E-state index contributed by atoms with van der Waals surface area (Å²) in [6.45, 7) is 5.22. The smallest absolute Gasteiger partial charge is 0.123 e. The second-order valence-corrected chi connectivity index (χ2v) is 5.45. The molecule has 0 aromatic heterocycles. The molecule has 2 rings (SSSR count). The van der Waals surface area contributed by atoms with Gasteiger partial charge in [0, 0.05) is 31.2 Å². The topological polar surface area (TPSA) is 50.7 Å². The summed E-state index contributed by atoms with van der Waals surface area (Å²) < 4.78 is 10.9. The van der Waals surface area contributed by atoms with Gasteiger partial charge >= 0.3 is 0 Å². The molecule has 20 heavy (non-hydrogen) atoms. The monoisotopic (exact) mass is 279 g/mol. The van der Waals surface area contributed by atoms with Gasteiger partial charge in [0.05, 0.1) is 13.2 Å². The molecule has 3 unspecified atom stereocenters. The van der Waals surface area contributed by atoms with Crippen LogP contribution in [-0.2, 0) is 4.74 Å². The van der Waals surface area contributed by atoms with E-state index in [4.69, 9.17) is 9.47 Å². The van der Waals surface area contributed by atoms with E-state index in [0.29, 0.717) is 19.6 Å². The molecule has 3 atom stereocenters. The van der Waals surface area contributed by atoms with Crippen LogP contribution in [0, 0.1) is 0 Å². The minimum absolute atomic E-state index is 0.120. The van der Waals surface area contributed by atoms with E-state index in [1.807, 2.05) is 25.1 Å². The van der Waals surface area contributed by atoms with Crippen molar-refractivity contribution in [3.05, 3.63) is 29.8 Å². The molecule has 0 amide bonds. The van der Waals surface area contributed by atoms with Gasteiger partial charge in [-0.15, -0.1) is 0 Å². The van der Waals surface area contributed by atoms with Crippen LogP contribution in [0.3, 0.4) is 0 Å². The molecule has 4 heteroatoms. The molecule has 2 N–H and O–H groups in total. The third-order valence-electron chi connectivity index (χ3n) is 4.24. The Morgan fingerprint density at radius 2 is 2.25 bits per heavy atom. The highest BCUT2D eigenvalue weighted by Crippen LogP contribution is 2.29. The highest BCUT2D eigenvalue weighted by Gasteiger charge is 2.39. The van der Waals surface area contributed by atoms with Crippen LogP contribution < -0.4 is 10.1 Å². The molecular weight excluding hydrogens is 254 g/mol. The van der Waals surface area contributed by atoms with Crippen molar-refractivity contribution in [1.29, 1.82) is 0 Å². The summed E-state index contributed by atoms with van der Waals surface area (Å²) in [7, 11) is 1.69. The molecule has 1 aromatic rings. The molecule has 112 valence electrons. The lowest BCUT2D eigenvalue weighted by Crippen LogP contribution is -2.46. The molecule has 1 aliphatic rings. The predicted octanol–water partition coefficient (Wildman–Crippen LogP) is 2.28. The maximum Gasteiger partial charge on any atom is 0.123 e. The third kappa shape index (κ3) is 3.14. The molecule has 1 heterocycles. The maximum absolute atomic E-state index is 10.6. The van der Waals surface area contributed by atoms with Gasteiger partial charge in [-0.3, -0.25) is 0 Å². The Bertz CT molecular complexity index is 437. The van der Waals surface area contributed by atoms with Crippen molar-refractivity contribution >= 4 is 0 Å². The fourth-order valence-corrected chi connectivity index (χ4v) is 2.73. The van der Waals surface area contributed by atoms with E-state index < -0.39 is 5.60 Å². The SMILES string of the molecule is CCC(NCC1(O)CCOC1C)c1ccccc1OC. The van der Waals surface area contributed by atoms with Gasteiger partial charge in [-0.2, -0.15) is 0 Å². The van der Waals surface area contributed by atoms with E-state index in [-0.39, 0.29) is 12.1 Å². The third-order valence-corrected chi connectivity index (χ3v) is 4.24. The highest BCUT2D eigenvalue weighted by molar-refractivity contribution is 5.35. The summed E-state index contributed by atoms with van der Waals surface area (Å²) in [6.07, 6.45) is 1.50. The lowest BCUT2D eigenvalue weighted by atomic mass is 9.95. The number of para-hydroxylation sites is 1. The first-order chi connectivity index (χ1) is 9.60. The van der Waals surface area contributed by atoms with Crippen LogP contribution in [0.25, 0.3) is 0 Å². The summed E-state index contributed by atoms with van der Waals surface area (Å²) in [5.74, 6) is 0.884. The Balaban J connectivity index is 2.06. The first-order valence-electron chi connectivity index (χ1n) is 7.31. The summed E-state index contributed by atoms with van der Waals surface area (Å²) in [4.78, 5) is 0. The van der Waals surface area contributed by atoms with Gasteiger partial charge in [0.25, 0.3) is 0 Å². The number of rotatable bonds is 6. The number of benzene rings is 1. The Labute approximate surface area is 121 Å². The number of ether oxygens (including phenoxy) is 2. The van der Waals surface area contributed by atoms with E-state index in [2.05, 4.69) is 18.3 Å². The summed E-state index contributed by atoms with van der Waals surface area (Å²) >= 11 is 0. The quantitative estimate of drug-likeness (QED) is 0.839. The van der Waals surface area contributed by atoms with Crippen molar-refractivity contribution in [1.82, 2.24) is 5.32 Å². The summed E-state index contributed by atoms with van der Waals surface area (Å²) in [5, 5.41) is 14.0. The highest BCUT2D eigenvalue weighted by atomic mass is 16.5. The largest absolute Gasteiger partial charge is 0.496 e. The first-order valence-corrected chi connectivity index (χ1v) is 7.31. The normalized spacial score (nSPS) is 27.5. The Hall–Kier alpha value is -1.10. The van der Waals surface area contributed by atoms with Crippen LogP contribution in [0.4, 0.5) is 0 Å². The van der Waals surface area contributed by atoms with Crippen LogP contribution in [0.2, 0.25) is 0 Å². The van der Waals surface area contributed by atoms with E-state index in [9.17, 15) is 5.11 Å². The predicted molar refractivity (Wildman–Crippen MR) is 79.0 cm³/mol. The van der Waals surface area contributed by atoms with Gasteiger partial charge in [0.15, 0.2) is 0 Å². The molecule has 4 nitrogen and oxygen atoms in total. The molecule has 1 saturated heterocycles. The number of methoxy groups -OCH3 is 1. The maximum atomic E-state index is 10.6. The average molecular weight is 279 g/mol. The van der Waals surface area contributed by atoms with Crippen molar-refractivity contribution in [2.45, 2.75) is 44.4 Å². The van der Waals surface area contributed by atoms with Crippen molar-refractivity contribution in [3.8, 4) is 5.75 Å². The zero-order valence-corrected chi connectivity index (χ0v) is 12.6. The van der Waals surface area contributed by atoms with Crippen molar-refractivity contribution in [2.75, 3.05) is 20.3 Å². The fourth-order valence-electron chi connectivity index (χ4n) is 2.73. The van der Waals surface area contributed by atoms with E-state index in [1.54, 1.807) is 7.11 Å². The zero-order valence-electron chi connectivity index (χ0n) is 12.6. The second-order valence-electron chi connectivity index (χ2n) is 5.45. The Morgan fingerprint density at radius 3 is 2.85 bits per heavy atom. The number of hydrogen-bond donors (Lipinski definition) is 2. The van der Waals surface area contributed by atoms with Gasteiger partial charge in [-0.1, -0.05) is 25.1 Å². The first kappa shape index (κ1) is 15.3. The van der Waals surface area contributed by atoms with Gasteiger partial charge in [0.2, 0.25) is 0 Å². The number of nitrogens with one attached hydrogen (secondary N) is 1. The lowest BCUT2D eigenvalue weighted by Gasteiger charge is -2.29. The fraction of sp³-hybridized carbons (Fsp3) is 0.625. The standard InChI is InChI=1S/C16H25NO3/c1-4-14(13-7-5-6-8-15(13)19-3)17-11-16(18)9-10-20-12(16)2/h5-8,12,14,17-18H,4,9-11H2,1-3H3. The number of hydrogen-bond acceptors (Lipinski definition) is 4. The van der Waals surface area contributed by atoms with E-state index in [1.165, 1.54) is 0 Å². The van der Waals surface area contributed by atoms with Crippen LogP contribution in [0.1, 0.15) is 38.3 Å². The van der Waals surface area contributed by atoms with E-state index in [0.717, 1.165) is 17.7 Å². The van der Waals surface area contributed by atoms with Gasteiger partial charge < -0.3 is 19.9 Å². The minimum atomic E-state index is -0.768. The minimum Gasteiger partial charge on any atom is -0.496 e. The van der Waals surface area contributed by atoms with E-state index >= 15 is 0 Å². The molecule has 0 radical (unpaired) electrons. The summed E-state index contributed by atoms with van der Waals surface area (Å²) in [6, 6.07) is 8.19. The molecule has 0 spiro atoms. The van der Waals surface area contributed by atoms with Crippen LogP contribution >= 0.6 is 0 Å². The van der Waals surface area contributed by atoms with Crippen molar-refractivity contribution in [3.63, 3.8) is 0 Å². The van der Waals surface area contributed by atoms with Crippen molar-refractivity contribution < 1.29 is 14.6 Å². The Morgan fingerprint density at radius 1 is 1.50 bits per heavy atom. The molecule has 0 saturated carbocycles. The zero-order chi connectivity index (χ0) is 14.6. The number of aliphatic hydroxyl groups is 1. The van der Waals surface area contributed by atoms with Gasteiger partial charge in [0.1, 0.15) is 11.4 Å². The summed E-state index contributed by atoms with van der Waals surface area (Å²) in [5.41, 5.74) is 0.364. The molecule has 1 aromatic carbocycles. The molecule has 0 bridgehead atoms. The average Bonchev–Trinajstić information content (AvgIpc) is 2.80. The van der Waals surface area contributed by atoms with Crippen LogP contribution in [-0.4, -0.2) is 37.1 Å². The molecule has 1 fully saturated rings. The molecular formula is C16H25NO3. The molecule has 1 aliphatic heterocycles. The Kier molecular flexibility index (Phi) is 5.02. The lowest BCUT2D eigenvalue weighted by molar-refractivity contribution is -0.0278. The van der Waals surface area contributed by atoms with Crippen molar-refractivity contribution in [2.24, 2.45) is 0 Å².